The van der Waals surface area contributed by atoms with Crippen LogP contribution in [-0.2, 0) is 19.4 Å². The zero-order valence-corrected chi connectivity index (χ0v) is 14.3. The zero-order valence-electron chi connectivity index (χ0n) is 14.3. The molecule has 0 fully saturated rings. The minimum absolute atomic E-state index is 0.537. The van der Waals surface area contributed by atoms with Gasteiger partial charge in [-0.25, -0.2) is 4.98 Å². The number of methoxy groups -OCH3 is 2. The molecule has 0 unspecified atom stereocenters. The van der Waals surface area contributed by atoms with E-state index >= 15 is 0 Å². The molecular formula is C17H20N6O2. The monoisotopic (exact) mass is 340 g/mol. The molecule has 4 rings (SSSR count). The molecule has 0 bridgehead atoms. The largest absolute Gasteiger partial charge is 0.493 e. The van der Waals surface area contributed by atoms with Crippen LogP contribution in [0.2, 0.25) is 0 Å². The first-order valence-corrected chi connectivity index (χ1v) is 8.35. The molecular weight excluding hydrogens is 320 g/mol. The summed E-state index contributed by atoms with van der Waals surface area (Å²) in [4.78, 5) is 4.59. The van der Waals surface area contributed by atoms with Gasteiger partial charge < -0.3 is 14.8 Å². The number of hydrogen-bond donors (Lipinski definition) is 1. The van der Waals surface area contributed by atoms with E-state index in [4.69, 9.17) is 9.47 Å². The van der Waals surface area contributed by atoms with Crippen molar-refractivity contribution in [2.24, 2.45) is 0 Å². The van der Waals surface area contributed by atoms with E-state index in [-0.39, 0.29) is 0 Å². The van der Waals surface area contributed by atoms with Gasteiger partial charge in [0.15, 0.2) is 11.5 Å². The summed E-state index contributed by atoms with van der Waals surface area (Å²) in [5.41, 5.74) is 3.40. The Hall–Kier alpha value is -2.90. The lowest BCUT2D eigenvalue weighted by atomic mass is 9.96. The minimum atomic E-state index is 0.537. The molecule has 0 radical (unpaired) electrons. The Morgan fingerprint density at radius 2 is 1.96 bits per heavy atom. The van der Waals surface area contributed by atoms with Crippen LogP contribution in [0.1, 0.15) is 29.7 Å². The lowest BCUT2D eigenvalue weighted by molar-refractivity contribution is 0.354. The van der Waals surface area contributed by atoms with Crippen molar-refractivity contribution in [1.29, 1.82) is 0 Å². The van der Waals surface area contributed by atoms with Crippen molar-refractivity contribution in [3.05, 3.63) is 35.0 Å². The van der Waals surface area contributed by atoms with Crippen molar-refractivity contribution in [2.75, 3.05) is 19.5 Å². The molecule has 0 saturated heterocycles. The third-order valence-corrected chi connectivity index (χ3v) is 4.53. The summed E-state index contributed by atoms with van der Waals surface area (Å²) in [6.45, 7) is 0.631. The van der Waals surface area contributed by atoms with Gasteiger partial charge in [-0.3, -0.25) is 0 Å². The molecule has 2 heterocycles. The number of rotatable bonds is 5. The molecule has 0 spiro atoms. The van der Waals surface area contributed by atoms with Gasteiger partial charge in [0.25, 0.3) is 5.78 Å². The number of nitrogens with zero attached hydrogens (tertiary/aromatic N) is 5. The van der Waals surface area contributed by atoms with E-state index in [0.717, 1.165) is 48.5 Å². The standard InChI is InChI=1S/C17H20N6O2/c1-24-14-8-7-11(9-15(14)25-2)10-18-16-12-5-3-4-6-13(12)19-17-20-21-22-23(16)17/h7-9,18H,3-6,10H2,1-2H3. The third kappa shape index (κ3) is 2.84. The first kappa shape index (κ1) is 15.6. The summed E-state index contributed by atoms with van der Waals surface area (Å²) in [5, 5.41) is 15.3. The smallest absolute Gasteiger partial charge is 0.275 e. The Morgan fingerprint density at radius 1 is 1.12 bits per heavy atom. The van der Waals surface area contributed by atoms with E-state index < -0.39 is 0 Å². The van der Waals surface area contributed by atoms with Gasteiger partial charge in [0.2, 0.25) is 0 Å². The quantitative estimate of drug-likeness (QED) is 0.760. The number of tetrazole rings is 1. The number of aromatic nitrogens is 5. The predicted octanol–water partition coefficient (Wildman–Crippen LogP) is 2.03. The van der Waals surface area contributed by atoms with Crippen LogP contribution in [0.25, 0.3) is 5.78 Å². The number of hydrogen-bond acceptors (Lipinski definition) is 7. The summed E-state index contributed by atoms with van der Waals surface area (Å²) in [6.07, 6.45) is 4.29. The maximum atomic E-state index is 5.38. The molecule has 0 aliphatic heterocycles. The van der Waals surface area contributed by atoms with Crippen molar-refractivity contribution in [3.8, 4) is 11.5 Å². The molecule has 3 aromatic rings. The van der Waals surface area contributed by atoms with Crippen LogP contribution in [-0.4, -0.2) is 39.2 Å². The van der Waals surface area contributed by atoms with Gasteiger partial charge in [-0.05, 0) is 53.8 Å². The Kier molecular flexibility index (Phi) is 4.09. The Balaban J connectivity index is 1.66. The topological polar surface area (TPSA) is 86.5 Å². The maximum absolute atomic E-state index is 5.38. The lowest BCUT2D eigenvalue weighted by Gasteiger charge is -2.19. The van der Waals surface area contributed by atoms with Crippen LogP contribution in [0.3, 0.4) is 0 Å². The van der Waals surface area contributed by atoms with Gasteiger partial charge >= 0.3 is 0 Å². The van der Waals surface area contributed by atoms with E-state index in [1.165, 1.54) is 5.56 Å². The van der Waals surface area contributed by atoms with Crippen LogP contribution >= 0.6 is 0 Å². The van der Waals surface area contributed by atoms with E-state index in [1.54, 1.807) is 18.7 Å². The molecule has 1 aliphatic rings. The molecule has 8 heteroatoms. The van der Waals surface area contributed by atoms with Gasteiger partial charge in [-0.2, -0.15) is 4.52 Å². The molecule has 2 aromatic heterocycles. The second-order valence-corrected chi connectivity index (χ2v) is 6.03. The lowest BCUT2D eigenvalue weighted by Crippen LogP contribution is -2.15. The molecule has 0 amide bonds. The summed E-state index contributed by atoms with van der Waals surface area (Å²) < 4.78 is 12.4. The number of nitrogens with one attached hydrogen (secondary N) is 1. The van der Waals surface area contributed by atoms with Crippen molar-refractivity contribution >= 4 is 11.6 Å². The highest BCUT2D eigenvalue weighted by Crippen LogP contribution is 2.29. The Morgan fingerprint density at radius 3 is 2.80 bits per heavy atom. The molecule has 1 aliphatic carbocycles. The fraction of sp³-hybridized carbons (Fsp3) is 0.412. The summed E-state index contributed by atoms with van der Waals surface area (Å²) >= 11 is 0. The van der Waals surface area contributed by atoms with Crippen molar-refractivity contribution in [3.63, 3.8) is 0 Å². The van der Waals surface area contributed by atoms with E-state index in [0.29, 0.717) is 18.1 Å². The molecule has 130 valence electrons. The fourth-order valence-corrected chi connectivity index (χ4v) is 3.27. The van der Waals surface area contributed by atoms with Gasteiger partial charge in [0.1, 0.15) is 5.82 Å². The number of benzene rings is 1. The molecule has 0 atom stereocenters. The van der Waals surface area contributed by atoms with Gasteiger partial charge in [-0.1, -0.05) is 11.2 Å². The van der Waals surface area contributed by atoms with Crippen LogP contribution in [0.4, 0.5) is 5.82 Å². The van der Waals surface area contributed by atoms with E-state index in [2.05, 4.69) is 25.8 Å². The highest BCUT2D eigenvalue weighted by Gasteiger charge is 2.20. The minimum Gasteiger partial charge on any atom is -0.493 e. The van der Waals surface area contributed by atoms with Gasteiger partial charge in [0, 0.05) is 12.1 Å². The first-order valence-electron chi connectivity index (χ1n) is 8.35. The molecule has 1 aromatic carbocycles. The molecule has 25 heavy (non-hydrogen) atoms. The number of ether oxygens (including phenoxy) is 2. The summed E-state index contributed by atoms with van der Waals surface area (Å²) in [7, 11) is 3.27. The second kappa shape index (κ2) is 6.54. The average Bonchev–Trinajstić information content (AvgIpc) is 3.13. The van der Waals surface area contributed by atoms with Crippen LogP contribution in [0.5, 0.6) is 11.5 Å². The molecule has 1 N–H and O–H groups in total. The fourth-order valence-electron chi connectivity index (χ4n) is 3.27. The average molecular weight is 340 g/mol. The van der Waals surface area contributed by atoms with Gasteiger partial charge in [0.05, 0.1) is 19.9 Å². The summed E-state index contributed by atoms with van der Waals surface area (Å²) in [5.74, 6) is 2.90. The second-order valence-electron chi connectivity index (χ2n) is 6.03. The van der Waals surface area contributed by atoms with Crippen LogP contribution in [0, 0.1) is 0 Å². The van der Waals surface area contributed by atoms with E-state index in [9.17, 15) is 0 Å². The summed E-state index contributed by atoms with van der Waals surface area (Å²) in [6, 6.07) is 5.89. The number of fused-ring (bicyclic) bond motifs is 2. The van der Waals surface area contributed by atoms with Crippen molar-refractivity contribution in [2.45, 2.75) is 32.2 Å². The number of anilines is 1. The van der Waals surface area contributed by atoms with Crippen LogP contribution in [0.15, 0.2) is 18.2 Å². The highest BCUT2D eigenvalue weighted by molar-refractivity contribution is 5.54. The van der Waals surface area contributed by atoms with Crippen molar-refractivity contribution < 1.29 is 9.47 Å². The van der Waals surface area contributed by atoms with Crippen LogP contribution < -0.4 is 14.8 Å². The maximum Gasteiger partial charge on any atom is 0.275 e. The normalized spacial score (nSPS) is 13.5. The Labute approximate surface area is 145 Å². The van der Waals surface area contributed by atoms with E-state index in [1.807, 2.05) is 18.2 Å². The zero-order chi connectivity index (χ0) is 17.2. The third-order valence-electron chi connectivity index (χ3n) is 4.53. The predicted molar refractivity (Wildman–Crippen MR) is 92.1 cm³/mol. The molecule has 0 saturated carbocycles. The van der Waals surface area contributed by atoms with Gasteiger partial charge in [-0.15, -0.1) is 0 Å². The van der Waals surface area contributed by atoms with Crippen molar-refractivity contribution in [1.82, 2.24) is 25.0 Å². The molecule has 8 nitrogen and oxygen atoms in total. The SMILES string of the molecule is COc1ccc(CNc2c3c(nc4nnnn24)CCCC3)cc1OC. The number of aryl methyl sites for hydroxylation is 1. The highest BCUT2D eigenvalue weighted by atomic mass is 16.5. The first-order chi connectivity index (χ1) is 12.3. The Bertz CT molecular complexity index is 908.